The molecule has 0 aliphatic heterocycles. The Kier molecular flexibility index (Phi) is 2.53. The molecule has 0 saturated carbocycles. The lowest BCUT2D eigenvalue weighted by Crippen LogP contribution is -2.18. The third-order valence-corrected chi connectivity index (χ3v) is 2.53. The van der Waals surface area contributed by atoms with Gasteiger partial charge < -0.3 is 10.7 Å². The van der Waals surface area contributed by atoms with E-state index in [4.69, 9.17) is 5.73 Å². The van der Waals surface area contributed by atoms with Gasteiger partial charge in [0.25, 0.3) is 5.91 Å². The first-order valence-electron chi connectivity index (χ1n) is 5.43. The van der Waals surface area contributed by atoms with Gasteiger partial charge in [0.2, 0.25) is 0 Å². The lowest BCUT2D eigenvalue weighted by molar-refractivity contribution is 0.0942. The summed E-state index contributed by atoms with van der Waals surface area (Å²) in [5.41, 5.74) is 6.95. The molecule has 0 amide bonds. The van der Waals surface area contributed by atoms with Gasteiger partial charge in [-0.1, -0.05) is 20.8 Å². The fourth-order valence-electron chi connectivity index (χ4n) is 1.50. The van der Waals surface area contributed by atoms with Crippen molar-refractivity contribution in [2.24, 2.45) is 0 Å². The van der Waals surface area contributed by atoms with E-state index >= 15 is 0 Å². The maximum Gasteiger partial charge on any atom is 0.296 e. The van der Waals surface area contributed by atoms with Crippen molar-refractivity contribution in [3.63, 3.8) is 0 Å². The van der Waals surface area contributed by atoms with Crippen LogP contribution in [0.1, 0.15) is 37.0 Å². The summed E-state index contributed by atoms with van der Waals surface area (Å²) in [6, 6.07) is 5.19. The Morgan fingerprint density at radius 2 is 2.18 bits per heavy atom. The molecular weight excluding hydrogens is 216 g/mol. The molecule has 0 atom stereocenters. The third-order valence-electron chi connectivity index (χ3n) is 2.53. The molecule has 5 heteroatoms. The van der Waals surface area contributed by atoms with Gasteiger partial charge in [-0.05, 0) is 12.1 Å². The number of hydrogen-bond acceptors (Lipinski definition) is 3. The number of nitrogens with one attached hydrogen (secondary N) is 1. The van der Waals surface area contributed by atoms with Crippen LogP contribution in [0.3, 0.4) is 0 Å². The van der Waals surface area contributed by atoms with E-state index in [0.29, 0.717) is 11.5 Å². The standard InChI is InChI=1S/C12H16N4O/c1-12(2,3)9-7-10(13)16(15-9)11(17)8-5-4-6-14-8/h4-7,14H,13H2,1-3H3. The Morgan fingerprint density at radius 3 is 2.65 bits per heavy atom. The fraction of sp³-hybridized carbons (Fsp3) is 0.333. The molecule has 0 radical (unpaired) electrons. The second-order valence-electron chi connectivity index (χ2n) is 5.01. The van der Waals surface area contributed by atoms with Crippen LogP contribution in [-0.4, -0.2) is 20.7 Å². The van der Waals surface area contributed by atoms with Crippen LogP contribution in [0.25, 0.3) is 0 Å². The number of aromatic amines is 1. The SMILES string of the molecule is CC(C)(C)c1cc(N)n(C(=O)c2ccc[nH]2)n1. The van der Waals surface area contributed by atoms with Crippen LogP contribution in [0.2, 0.25) is 0 Å². The molecule has 0 aromatic carbocycles. The van der Waals surface area contributed by atoms with E-state index in [1.807, 2.05) is 20.8 Å². The van der Waals surface area contributed by atoms with Gasteiger partial charge in [-0.25, -0.2) is 0 Å². The normalized spacial score (nSPS) is 11.7. The van der Waals surface area contributed by atoms with Gasteiger partial charge in [0.05, 0.1) is 5.69 Å². The van der Waals surface area contributed by atoms with Gasteiger partial charge in [0.15, 0.2) is 0 Å². The van der Waals surface area contributed by atoms with Gasteiger partial charge in [0, 0.05) is 17.7 Å². The Balaban J connectivity index is 2.41. The van der Waals surface area contributed by atoms with Crippen molar-refractivity contribution >= 4 is 11.7 Å². The van der Waals surface area contributed by atoms with E-state index in [-0.39, 0.29) is 11.3 Å². The highest BCUT2D eigenvalue weighted by atomic mass is 16.2. The van der Waals surface area contributed by atoms with Crippen molar-refractivity contribution in [1.29, 1.82) is 0 Å². The molecule has 5 nitrogen and oxygen atoms in total. The summed E-state index contributed by atoms with van der Waals surface area (Å²) < 4.78 is 1.23. The molecule has 0 fully saturated rings. The minimum absolute atomic E-state index is 0.130. The molecule has 3 N–H and O–H groups in total. The van der Waals surface area contributed by atoms with E-state index < -0.39 is 0 Å². The Labute approximate surface area is 99.6 Å². The van der Waals surface area contributed by atoms with Gasteiger partial charge in [-0.15, -0.1) is 0 Å². The molecule has 0 bridgehead atoms. The van der Waals surface area contributed by atoms with Crippen molar-refractivity contribution < 1.29 is 4.79 Å². The second-order valence-corrected chi connectivity index (χ2v) is 5.01. The highest BCUT2D eigenvalue weighted by Gasteiger charge is 2.22. The van der Waals surface area contributed by atoms with Crippen LogP contribution in [0, 0.1) is 0 Å². The number of carbonyl (C=O) groups is 1. The molecule has 17 heavy (non-hydrogen) atoms. The number of aromatic nitrogens is 3. The van der Waals surface area contributed by atoms with Crippen molar-refractivity contribution in [2.45, 2.75) is 26.2 Å². The summed E-state index contributed by atoms with van der Waals surface area (Å²) in [7, 11) is 0. The molecule has 2 aromatic rings. The highest BCUT2D eigenvalue weighted by molar-refractivity contribution is 5.95. The zero-order valence-corrected chi connectivity index (χ0v) is 10.2. The van der Waals surface area contributed by atoms with E-state index in [1.165, 1.54) is 4.68 Å². The van der Waals surface area contributed by atoms with E-state index in [2.05, 4.69) is 10.1 Å². The van der Waals surface area contributed by atoms with Gasteiger partial charge in [-0.2, -0.15) is 9.78 Å². The van der Waals surface area contributed by atoms with Crippen LogP contribution in [0.4, 0.5) is 5.82 Å². The molecule has 2 aromatic heterocycles. The minimum atomic E-state index is -0.247. The monoisotopic (exact) mass is 232 g/mol. The molecule has 2 heterocycles. The Morgan fingerprint density at radius 1 is 1.47 bits per heavy atom. The Bertz CT molecular complexity index is 531. The molecule has 90 valence electrons. The van der Waals surface area contributed by atoms with Crippen LogP contribution in [-0.2, 0) is 5.41 Å². The van der Waals surface area contributed by atoms with Crippen LogP contribution < -0.4 is 5.73 Å². The number of H-pyrrole nitrogens is 1. The average Bonchev–Trinajstić information content (AvgIpc) is 2.83. The molecule has 0 aliphatic carbocycles. The number of nitrogens with two attached hydrogens (primary N) is 1. The summed E-state index contributed by atoms with van der Waals surface area (Å²) in [6.07, 6.45) is 1.69. The first-order chi connectivity index (χ1) is 7.89. The maximum absolute atomic E-state index is 12.1. The molecule has 0 saturated heterocycles. The topological polar surface area (TPSA) is 76.7 Å². The van der Waals surface area contributed by atoms with Gasteiger partial charge in [0.1, 0.15) is 11.5 Å². The van der Waals surface area contributed by atoms with E-state index in [9.17, 15) is 4.79 Å². The summed E-state index contributed by atoms with van der Waals surface area (Å²) in [6.45, 7) is 6.08. The average molecular weight is 232 g/mol. The first-order valence-corrected chi connectivity index (χ1v) is 5.43. The predicted octanol–water partition coefficient (Wildman–Crippen LogP) is 1.78. The summed E-state index contributed by atoms with van der Waals surface area (Å²) in [5.74, 6) is 0.109. The van der Waals surface area contributed by atoms with Crippen molar-refractivity contribution in [1.82, 2.24) is 14.8 Å². The van der Waals surface area contributed by atoms with Gasteiger partial charge >= 0.3 is 0 Å². The summed E-state index contributed by atoms with van der Waals surface area (Å²) >= 11 is 0. The van der Waals surface area contributed by atoms with Crippen molar-refractivity contribution in [3.8, 4) is 0 Å². The molecule has 0 unspecified atom stereocenters. The third kappa shape index (κ3) is 2.08. The number of carbonyl (C=O) groups excluding carboxylic acids is 1. The molecule has 2 rings (SSSR count). The smallest absolute Gasteiger partial charge is 0.296 e. The molecular formula is C12H16N4O. The van der Waals surface area contributed by atoms with Gasteiger partial charge in [-0.3, -0.25) is 4.79 Å². The number of anilines is 1. The zero-order chi connectivity index (χ0) is 12.6. The van der Waals surface area contributed by atoms with Crippen molar-refractivity contribution in [2.75, 3.05) is 5.73 Å². The lowest BCUT2D eigenvalue weighted by atomic mass is 9.92. The lowest BCUT2D eigenvalue weighted by Gasteiger charge is -2.13. The zero-order valence-electron chi connectivity index (χ0n) is 10.2. The molecule has 0 aliphatic rings. The maximum atomic E-state index is 12.1. The van der Waals surface area contributed by atoms with E-state index in [0.717, 1.165) is 5.69 Å². The first kappa shape index (κ1) is 11.4. The Hall–Kier alpha value is -2.04. The van der Waals surface area contributed by atoms with Crippen molar-refractivity contribution in [3.05, 3.63) is 35.8 Å². The number of nitrogen functional groups attached to an aromatic ring is 1. The van der Waals surface area contributed by atoms with Crippen LogP contribution >= 0.6 is 0 Å². The quantitative estimate of drug-likeness (QED) is 0.786. The molecule has 0 spiro atoms. The predicted molar refractivity (Wildman–Crippen MR) is 65.9 cm³/mol. The minimum Gasteiger partial charge on any atom is -0.383 e. The summed E-state index contributed by atoms with van der Waals surface area (Å²) in [5, 5.41) is 4.26. The number of rotatable bonds is 1. The van der Waals surface area contributed by atoms with E-state index in [1.54, 1.807) is 24.4 Å². The second kappa shape index (κ2) is 3.76. The largest absolute Gasteiger partial charge is 0.383 e. The van der Waals surface area contributed by atoms with Crippen LogP contribution in [0.5, 0.6) is 0 Å². The summed E-state index contributed by atoms with van der Waals surface area (Å²) in [4.78, 5) is 14.9. The fourth-order valence-corrected chi connectivity index (χ4v) is 1.50. The number of hydrogen-bond donors (Lipinski definition) is 2. The van der Waals surface area contributed by atoms with Crippen LogP contribution in [0.15, 0.2) is 24.4 Å². The number of nitrogens with zero attached hydrogens (tertiary/aromatic N) is 2. The highest BCUT2D eigenvalue weighted by Crippen LogP contribution is 2.22.